The third-order valence-corrected chi connectivity index (χ3v) is 4.60. The van der Waals surface area contributed by atoms with Gasteiger partial charge in [-0.25, -0.2) is 4.68 Å². The smallest absolute Gasteiger partial charge is 0.216 e. The summed E-state index contributed by atoms with van der Waals surface area (Å²) >= 11 is 1.72. The zero-order valence-electron chi connectivity index (χ0n) is 12.4. The third-order valence-electron chi connectivity index (χ3n) is 3.74. The van der Waals surface area contributed by atoms with Crippen LogP contribution in [0, 0.1) is 6.92 Å². The van der Waals surface area contributed by atoms with Crippen molar-refractivity contribution >= 4 is 17.3 Å². The summed E-state index contributed by atoms with van der Waals surface area (Å²) in [4.78, 5) is 7.80. The highest BCUT2D eigenvalue weighted by atomic mass is 32.1. The molecule has 0 bridgehead atoms. The standard InChI is InChI=1S/C14H19N5OS/c1-9-12(13(20-3)18(2)17-9)11-7-16-14(15)19(11)8-10-5-4-6-21-10/h4-6,11H,7-8H2,1-3H3,(H2,15,16). The number of aromatic nitrogens is 2. The number of hydrogen-bond acceptors (Lipinski definition) is 6. The Labute approximate surface area is 127 Å². The van der Waals surface area contributed by atoms with E-state index in [1.54, 1.807) is 23.1 Å². The summed E-state index contributed by atoms with van der Waals surface area (Å²) < 4.78 is 7.28. The Morgan fingerprint density at radius 3 is 3.00 bits per heavy atom. The minimum Gasteiger partial charge on any atom is -0.481 e. The van der Waals surface area contributed by atoms with E-state index in [1.165, 1.54) is 4.88 Å². The molecular formula is C14H19N5OS. The summed E-state index contributed by atoms with van der Waals surface area (Å²) in [7, 11) is 3.56. The summed E-state index contributed by atoms with van der Waals surface area (Å²) in [5, 5.41) is 6.53. The van der Waals surface area contributed by atoms with Gasteiger partial charge in [0, 0.05) is 11.9 Å². The second kappa shape index (κ2) is 5.40. The molecule has 0 saturated heterocycles. The average molecular weight is 305 g/mol. The molecule has 2 N–H and O–H groups in total. The van der Waals surface area contributed by atoms with Gasteiger partial charge in [0.05, 0.1) is 37.5 Å². The fourth-order valence-electron chi connectivity index (χ4n) is 2.82. The number of ether oxygens (including phenoxy) is 1. The van der Waals surface area contributed by atoms with Crippen LogP contribution in [0.1, 0.15) is 22.2 Å². The van der Waals surface area contributed by atoms with Crippen LogP contribution in [0.25, 0.3) is 0 Å². The molecule has 1 aliphatic rings. The Morgan fingerprint density at radius 1 is 1.52 bits per heavy atom. The van der Waals surface area contributed by atoms with Crippen LogP contribution < -0.4 is 10.5 Å². The Balaban J connectivity index is 1.94. The van der Waals surface area contributed by atoms with Gasteiger partial charge >= 0.3 is 0 Å². The number of guanidine groups is 1. The number of aryl methyl sites for hydroxylation is 2. The van der Waals surface area contributed by atoms with Crippen molar-refractivity contribution in [3.05, 3.63) is 33.6 Å². The Morgan fingerprint density at radius 2 is 2.33 bits per heavy atom. The lowest BCUT2D eigenvalue weighted by molar-refractivity contribution is 0.318. The number of nitrogens with zero attached hydrogens (tertiary/aromatic N) is 4. The fourth-order valence-corrected chi connectivity index (χ4v) is 3.52. The summed E-state index contributed by atoms with van der Waals surface area (Å²) in [5.41, 5.74) is 8.11. The number of hydrogen-bond donors (Lipinski definition) is 1. The van der Waals surface area contributed by atoms with Crippen molar-refractivity contribution in [3.8, 4) is 5.88 Å². The van der Waals surface area contributed by atoms with Gasteiger partial charge < -0.3 is 15.4 Å². The van der Waals surface area contributed by atoms with E-state index in [-0.39, 0.29) is 6.04 Å². The molecule has 0 amide bonds. The maximum absolute atomic E-state index is 6.08. The Bertz CT molecular complexity index is 661. The molecule has 0 radical (unpaired) electrons. The van der Waals surface area contributed by atoms with Gasteiger partial charge in [-0.2, -0.15) is 5.10 Å². The van der Waals surface area contributed by atoms with Crippen molar-refractivity contribution in [1.29, 1.82) is 0 Å². The highest BCUT2D eigenvalue weighted by molar-refractivity contribution is 7.09. The van der Waals surface area contributed by atoms with Crippen molar-refractivity contribution in [2.24, 2.45) is 17.8 Å². The van der Waals surface area contributed by atoms with Crippen LogP contribution in [0.4, 0.5) is 0 Å². The Hall–Kier alpha value is -2.02. The molecular weight excluding hydrogens is 286 g/mol. The van der Waals surface area contributed by atoms with Gasteiger partial charge in [0.25, 0.3) is 0 Å². The van der Waals surface area contributed by atoms with Crippen LogP contribution in [0.5, 0.6) is 5.88 Å². The number of rotatable bonds is 4. The van der Waals surface area contributed by atoms with Crippen molar-refractivity contribution in [1.82, 2.24) is 14.7 Å². The summed E-state index contributed by atoms with van der Waals surface area (Å²) in [6.45, 7) is 3.39. The van der Waals surface area contributed by atoms with Gasteiger partial charge in [0.1, 0.15) is 0 Å². The number of methoxy groups -OCH3 is 1. The van der Waals surface area contributed by atoms with Crippen LogP contribution in [0.15, 0.2) is 22.5 Å². The number of thiophene rings is 1. The van der Waals surface area contributed by atoms with Crippen LogP contribution >= 0.6 is 11.3 Å². The third kappa shape index (κ3) is 2.37. The van der Waals surface area contributed by atoms with Gasteiger partial charge in [-0.1, -0.05) is 6.07 Å². The fraction of sp³-hybridized carbons (Fsp3) is 0.429. The topological polar surface area (TPSA) is 68.7 Å². The molecule has 3 heterocycles. The van der Waals surface area contributed by atoms with Crippen LogP contribution in [-0.2, 0) is 13.6 Å². The average Bonchev–Trinajstić information content (AvgIpc) is 3.13. The largest absolute Gasteiger partial charge is 0.481 e. The monoisotopic (exact) mass is 305 g/mol. The second-order valence-electron chi connectivity index (χ2n) is 5.05. The molecule has 0 fully saturated rings. The van der Waals surface area contributed by atoms with Crippen LogP contribution in [0.3, 0.4) is 0 Å². The first-order valence-electron chi connectivity index (χ1n) is 6.78. The molecule has 7 heteroatoms. The molecule has 3 rings (SSSR count). The molecule has 1 atom stereocenters. The summed E-state index contributed by atoms with van der Waals surface area (Å²) in [5.74, 6) is 1.36. The van der Waals surface area contributed by atoms with Crippen molar-refractivity contribution < 1.29 is 4.74 Å². The molecule has 0 spiro atoms. The SMILES string of the molecule is COc1c(C2CN=C(N)N2Cc2cccs2)c(C)nn1C. The Kier molecular flexibility index (Phi) is 3.59. The van der Waals surface area contributed by atoms with Crippen molar-refractivity contribution in [3.63, 3.8) is 0 Å². The van der Waals surface area contributed by atoms with Crippen molar-refractivity contribution in [2.45, 2.75) is 19.5 Å². The first-order valence-corrected chi connectivity index (χ1v) is 7.66. The van der Waals surface area contributed by atoms with E-state index in [2.05, 4.69) is 26.4 Å². The lowest BCUT2D eigenvalue weighted by atomic mass is 10.1. The van der Waals surface area contributed by atoms with Gasteiger partial charge in [0.2, 0.25) is 5.88 Å². The molecule has 112 valence electrons. The minimum absolute atomic E-state index is 0.0794. The number of nitrogens with two attached hydrogens (primary N) is 1. The molecule has 1 aliphatic heterocycles. The lowest BCUT2D eigenvalue weighted by Gasteiger charge is -2.26. The number of aliphatic imine (C=N–C) groups is 1. The van der Waals surface area contributed by atoms with Gasteiger partial charge in [-0.15, -0.1) is 11.3 Å². The van der Waals surface area contributed by atoms with E-state index < -0.39 is 0 Å². The first kappa shape index (κ1) is 13.9. The second-order valence-corrected chi connectivity index (χ2v) is 6.09. The maximum atomic E-state index is 6.08. The molecule has 1 unspecified atom stereocenters. The molecule has 6 nitrogen and oxygen atoms in total. The first-order chi connectivity index (χ1) is 10.1. The lowest BCUT2D eigenvalue weighted by Crippen LogP contribution is -2.35. The zero-order chi connectivity index (χ0) is 15.0. The quantitative estimate of drug-likeness (QED) is 0.933. The van der Waals surface area contributed by atoms with E-state index in [0.717, 1.165) is 23.7 Å². The van der Waals surface area contributed by atoms with Crippen LogP contribution in [0.2, 0.25) is 0 Å². The van der Waals surface area contributed by atoms with Crippen LogP contribution in [-0.4, -0.2) is 34.3 Å². The van der Waals surface area contributed by atoms with Crippen molar-refractivity contribution in [2.75, 3.05) is 13.7 Å². The molecule has 0 saturated carbocycles. The normalized spacial score (nSPS) is 18.1. The van der Waals surface area contributed by atoms with Gasteiger partial charge in [0.15, 0.2) is 5.96 Å². The molecule has 0 aromatic carbocycles. The van der Waals surface area contributed by atoms with E-state index in [0.29, 0.717) is 12.5 Å². The van der Waals surface area contributed by atoms with Gasteiger partial charge in [-0.05, 0) is 18.4 Å². The van der Waals surface area contributed by atoms with E-state index >= 15 is 0 Å². The molecule has 21 heavy (non-hydrogen) atoms. The zero-order valence-corrected chi connectivity index (χ0v) is 13.2. The highest BCUT2D eigenvalue weighted by Crippen LogP contribution is 2.35. The minimum atomic E-state index is 0.0794. The molecule has 0 aliphatic carbocycles. The van der Waals surface area contributed by atoms with E-state index in [4.69, 9.17) is 10.5 Å². The van der Waals surface area contributed by atoms with E-state index in [9.17, 15) is 0 Å². The van der Waals surface area contributed by atoms with E-state index in [1.807, 2.05) is 20.0 Å². The van der Waals surface area contributed by atoms with Gasteiger partial charge in [-0.3, -0.25) is 4.99 Å². The predicted octanol–water partition coefficient (Wildman–Crippen LogP) is 1.67. The predicted molar refractivity (Wildman–Crippen MR) is 83.6 cm³/mol. The molecule has 2 aromatic heterocycles. The molecule has 2 aromatic rings. The summed E-state index contributed by atoms with van der Waals surface area (Å²) in [6, 6.07) is 4.24. The highest BCUT2D eigenvalue weighted by Gasteiger charge is 2.33. The summed E-state index contributed by atoms with van der Waals surface area (Å²) in [6.07, 6.45) is 0. The maximum Gasteiger partial charge on any atom is 0.216 e.